The molecule has 2 N–H and O–H groups in total. The molecule has 0 aliphatic carbocycles. The highest BCUT2D eigenvalue weighted by Gasteiger charge is 2.12. The van der Waals surface area contributed by atoms with Gasteiger partial charge in [-0.15, -0.1) is 0 Å². The molecular formula is C12H12N4O2S. The monoisotopic (exact) mass is 276 g/mol. The molecule has 0 aliphatic rings. The molecule has 6 nitrogen and oxygen atoms in total. The molecule has 2 aromatic heterocycles. The first kappa shape index (κ1) is 13.3. The highest BCUT2D eigenvalue weighted by atomic mass is 32.2. The maximum atomic E-state index is 11.4. The predicted octanol–water partition coefficient (Wildman–Crippen LogP) is 1.70. The van der Waals surface area contributed by atoms with Gasteiger partial charge in [0.25, 0.3) is 0 Å². The van der Waals surface area contributed by atoms with Gasteiger partial charge in [0, 0.05) is 11.9 Å². The highest BCUT2D eigenvalue weighted by molar-refractivity contribution is 7.99. The van der Waals surface area contributed by atoms with Crippen molar-refractivity contribution in [1.82, 2.24) is 15.0 Å². The number of aromatic nitrogens is 3. The number of hydrogen-bond acceptors (Lipinski definition) is 7. The van der Waals surface area contributed by atoms with Crippen LogP contribution < -0.4 is 5.73 Å². The lowest BCUT2D eigenvalue weighted by atomic mass is 10.3. The van der Waals surface area contributed by atoms with Crippen LogP contribution in [0.15, 0.2) is 34.6 Å². The van der Waals surface area contributed by atoms with E-state index in [1.54, 1.807) is 18.3 Å². The summed E-state index contributed by atoms with van der Waals surface area (Å²) in [6, 6.07) is 4.92. The summed E-state index contributed by atoms with van der Waals surface area (Å²) in [5.74, 6) is -0.507. The summed E-state index contributed by atoms with van der Waals surface area (Å²) < 4.78 is 4.62. The van der Waals surface area contributed by atoms with Crippen molar-refractivity contribution in [1.29, 1.82) is 0 Å². The number of hydrogen-bond donors (Lipinski definition) is 1. The maximum Gasteiger partial charge on any atom is 0.356 e. The third-order valence-electron chi connectivity index (χ3n) is 2.24. The van der Waals surface area contributed by atoms with Crippen molar-refractivity contribution in [2.24, 2.45) is 0 Å². The Morgan fingerprint density at radius 2 is 2.11 bits per heavy atom. The van der Waals surface area contributed by atoms with Gasteiger partial charge in [-0.05, 0) is 36.9 Å². The van der Waals surface area contributed by atoms with Crippen molar-refractivity contribution in [2.45, 2.75) is 17.1 Å². The lowest BCUT2D eigenvalue weighted by Gasteiger charge is -2.05. The second-order valence-corrected chi connectivity index (χ2v) is 4.62. The van der Waals surface area contributed by atoms with E-state index in [1.165, 1.54) is 24.9 Å². The van der Waals surface area contributed by atoms with Crippen LogP contribution in [0.2, 0.25) is 0 Å². The number of nitrogen functional groups attached to an aromatic ring is 1. The van der Waals surface area contributed by atoms with Gasteiger partial charge >= 0.3 is 5.97 Å². The molecule has 0 saturated heterocycles. The summed E-state index contributed by atoms with van der Waals surface area (Å²) in [7, 11) is 1.30. The average molecular weight is 276 g/mol. The number of ether oxygens (including phenoxy) is 1. The predicted molar refractivity (Wildman–Crippen MR) is 70.9 cm³/mol. The van der Waals surface area contributed by atoms with E-state index in [1.807, 2.05) is 6.92 Å². The Morgan fingerprint density at radius 1 is 1.32 bits per heavy atom. The summed E-state index contributed by atoms with van der Waals surface area (Å²) >= 11 is 1.20. The molecule has 0 bridgehead atoms. The van der Waals surface area contributed by atoms with E-state index >= 15 is 0 Å². The number of anilines is 1. The number of aryl methyl sites for hydroxylation is 1. The van der Waals surface area contributed by atoms with Gasteiger partial charge in [-0.25, -0.2) is 19.7 Å². The molecule has 2 aromatic rings. The summed E-state index contributed by atoms with van der Waals surface area (Å²) in [5, 5.41) is 1.01. The zero-order chi connectivity index (χ0) is 13.8. The van der Waals surface area contributed by atoms with E-state index in [-0.39, 0.29) is 5.69 Å². The number of esters is 1. The van der Waals surface area contributed by atoms with Crippen LogP contribution in [0.3, 0.4) is 0 Å². The minimum absolute atomic E-state index is 0.201. The molecule has 0 atom stereocenters. The Kier molecular flexibility index (Phi) is 3.96. The van der Waals surface area contributed by atoms with Gasteiger partial charge in [-0.2, -0.15) is 0 Å². The van der Waals surface area contributed by atoms with Crippen LogP contribution >= 0.6 is 11.8 Å². The zero-order valence-electron chi connectivity index (χ0n) is 10.5. The van der Waals surface area contributed by atoms with E-state index in [0.717, 1.165) is 5.69 Å². The fraction of sp³-hybridized carbons (Fsp3) is 0.167. The Balaban J connectivity index is 2.31. The molecule has 7 heteroatoms. The summed E-state index contributed by atoms with van der Waals surface area (Å²) in [5.41, 5.74) is 7.34. The third-order valence-corrected chi connectivity index (χ3v) is 3.14. The van der Waals surface area contributed by atoms with Gasteiger partial charge < -0.3 is 10.5 Å². The van der Waals surface area contributed by atoms with Gasteiger partial charge in [0.2, 0.25) is 0 Å². The smallest absolute Gasteiger partial charge is 0.356 e. The molecule has 0 saturated carbocycles. The van der Waals surface area contributed by atoms with Crippen LogP contribution in [0.25, 0.3) is 0 Å². The van der Waals surface area contributed by atoms with Crippen LogP contribution in [0.1, 0.15) is 16.2 Å². The molecule has 0 unspecified atom stereocenters. The van der Waals surface area contributed by atoms with Crippen LogP contribution in [0.5, 0.6) is 0 Å². The van der Waals surface area contributed by atoms with Crippen LogP contribution in [-0.2, 0) is 4.74 Å². The lowest BCUT2D eigenvalue weighted by Crippen LogP contribution is -2.06. The molecule has 19 heavy (non-hydrogen) atoms. The number of carbonyl (C=O) groups excluding carboxylic acids is 1. The molecule has 0 amide bonds. The Morgan fingerprint density at radius 3 is 2.79 bits per heavy atom. The number of methoxy groups -OCH3 is 1. The SMILES string of the molecule is COC(=O)c1ccc(N)c(Sc2nccc(C)n2)n1. The van der Waals surface area contributed by atoms with E-state index in [0.29, 0.717) is 15.9 Å². The second-order valence-electron chi connectivity index (χ2n) is 3.67. The number of pyridine rings is 1. The fourth-order valence-corrected chi connectivity index (χ4v) is 2.12. The van der Waals surface area contributed by atoms with E-state index in [2.05, 4.69) is 19.7 Å². The van der Waals surface area contributed by atoms with Crippen LogP contribution in [0.4, 0.5) is 5.69 Å². The summed E-state index contributed by atoms with van der Waals surface area (Å²) in [6.45, 7) is 1.87. The Hall–Kier alpha value is -2.15. The van der Waals surface area contributed by atoms with Crippen molar-refractivity contribution in [3.8, 4) is 0 Å². The third kappa shape index (κ3) is 3.19. The van der Waals surface area contributed by atoms with Crippen LogP contribution in [0, 0.1) is 6.92 Å². The van der Waals surface area contributed by atoms with Gasteiger partial charge in [0.1, 0.15) is 10.7 Å². The minimum Gasteiger partial charge on any atom is -0.464 e. The van der Waals surface area contributed by atoms with Crippen molar-refractivity contribution in [3.05, 3.63) is 35.8 Å². The molecule has 0 aromatic carbocycles. The Labute approximate surface area is 114 Å². The first-order valence-corrected chi connectivity index (χ1v) is 6.24. The van der Waals surface area contributed by atoms with E-state index < -0.39 is 5.97 Å². The normalized spacial score (nSPS) is 10.2. The number of nitrogens with zero attached hydrogens (tertiary/aromatic N) is 3. The van der Waals surface area contributed by atoms with Gasteiger partial charge in [-0.3, -0.25) is 0 Å². The van der Waals surface area contributed by atoms with E-state index in [9.17, 15) is 4.79 Å². The highest BCUT2D eigenvalue weighted by Crippen LogP contribution is 2.28. The molecule has 0 spiro atoms. The first-order valence-electron chi connectivity index (χ1n) is 5.42. The molecule has 2 heterocycles. The molecular weight excluding hydrogens is 264 g/mol. The van der Waals surface area contributed by atoms with Crippen molar-refractivity contribution in [3.63, 3.8) is 0 Å². The molecule has 98 valence electrons. The lowest BCUT2D eigenvalue weighted by molar-refractivity contribution is 0.0593. The molecule has 0 fully saturated rings. The van der Waals surface area contributed by atoms with Crippen molar-refractivity contribution < 1.29 is 9.53 Å². The topological polar surface area (TPSA) is 91.0 Å². The number of rotatable bonds is 3. The largest absolute Gasteiger partial charge is 0.464 e. The molecule has 0 aliphatic heterocycles. The summed E-state index contributed by atoms with van der Waals surface area (Å²) in [6.07, 6.45) is 1.66. The van der Waals surface area contributed by atoms with Gasteiger partial charge in [0.05, 0.1) is 12.8 Å². The van der Waals surface area contributed by atoms with Gasteiger partial charge in [0.15, 0.2) is 5.16 Å². The maximum absolute atomic E-state index is 11.4. The first-order chi connectivity index (χ1) is 9.10. The molecule has 0 radical (unpaired) electrons. The number of carbonyl (C=O) groups is 1. The second kappa shape index (κ2) is 5.66. The number of nitrogens with two attached hydrogens (primary N) is 1. The fourth-order valence-electron chi connectivity index (χ4n) is 1.31. The zero-order valence-corrected chi connectivity index (χ0v) is 11.3. The summed E-state index contributed by atoms with van der Waals surface area (Å²) in [4.78, 5) is 23.9. The quantitative estimate of drug-likeness (QED) is 0.673. The van der Waals surface area contributed by atoms with Crippen LogP contribution in [-0.4, -0.2) is 28.0 Å². The van der Waals surface area contributed by atoms with Crippen molar-refractivity contribution in [2.75, 3.05) is 12.8 Å². The van der Waals surface area contributed by atoms with E-state index in [4.69, 9.17) is 5.73 Å². The standard InChI is InChI=1S/C12H12N4O2S/c1-7-5-6-14-12(15-7)19-10-8(13)3-4-9(16-10)11(17)18-2/h3-6H,13H2,1-2H3. The molecule has 2 rings (SSSR count). The Bertz CT molecular complexity index is 618. The van der Waals surface area contributed by atoms with Crippen molar-refractivity contribution >= 4 is 23.4 Å². The van der Waals surface area contributed by atoms with Gasteiger partial charge in [-0.1, -0.05) is 0 Å². The minimum atomic E-state index is -0.507. The average Bonchev–Trinajstić information content (AvgIpc) is 2.40.